The van der Waals surface area contributed by atoms with Crippen LogP contribution in [0, 0.1) is 13.8 Å². The minimum absolute atomic E-state index is 0.00960. The van der Waals surface area contributed by atoms with Crippen LogP contribution < -0.4 is 10.5 Å². The van der Waals surface area contributed by atoms with Crippen LogP contribution in [0.5, 0.6) is 0 Å². The summed E-state index contributed by atoms with van der Waals surface area (Å²) < 4.78 is 40.0. The predicted molar refractivity (Wildman–Crippen MR) is 110 cm³/mol. The van der Waals surface area contributed by atoms with Crippen LogP contribution in [0.25, 0.3) is 11.1 Å². The van der Waals surface area contributed by atoms with E-state index in [-0.39, 0.29) is 17.0 Å². The van der Waals surface area contributed by atoms with Gasteiger partial charge in [-0.05, 0) is 43.2 Å². The Morgan fingerprint density at radius 1 is 1.17 bits per heavy atom. The molecule has 1 N–H and O–H groups in total. The molecule has 30 heavy (non-hydrogen) atoms. The van der Waals surface area contributed by atoms with Gasteiger partial charge in [-0.15, -0.1) is 0 Å². The normalized spacial score (nSPS) is 11.8. The Balaban J connectivity index is 1.68. The lowest BCUT2D eigenvalue weighted by atomic mass is 10.1. The third-order valence-corrected chi connectivity index (χ3v) is 6.27. The van der Waals surface area contributed by atoms with Gasteiger partial charge < -0.3 is 8.94 Å². The summed E-state index contributed by atoms with van der Waals surface area (Å²) in [4.78, 5) is 16.5. The molecule has 0 fully saturated rings. The molecule has 9 nitrogen and oxygen atoms in total. The first kappa shape index (κ1) is 19.9. The Hall–Kier alpha value is -3.40. The Bertz CT molecular complexity index is 1400. The fourth-order valence-corrected chi connectivity index (χ4v) is 4.21. The molecule has 2 aromatic heterocycles. The molecule has 4 aromatic rings. The van der Waals surface area contributed by atoms with Gasteiger partial charge in [0.1, 0.15) is 0 Å². The fraction of sp³-hybridized carbons (Fsp3) is 0.250. The second-order valence-corrected chi connectivity index (χ2v) is 8.58. The van der Waals surface area contributed by atoms with Crippen LogP contribution in [0.15, 0.2) is 55.0 Å². The van der Waals surface area contributed by atoms with Crippen molar-refractivity contribution < 1.29 is 17.4 Å². The van der Waals surface area contributed by atoms with Crippen LogP contribution in [0.2, 0.25) is 0 Å². The second kappa shape index (κ2) is 7.45. The van der Waals surface area contributed by atoms with Crippen molar-refractivity contribution in [2.45, 2.75) is 38.6 Å². The molecule has 0 spiro atoms. The average molecular weight is 428 g/mol. The molecular formula is C20H20N4O5S. The van der Waals surface area contributed by atoms with Gasteiger partial charge in [-0.2, -0.15) is 4.98 Å². The van der Waals surface area contributed by atoms with Gasteiger partial charge in [0.15, 0.2) is 11.4 Å². The highest BCUT2D eigenvalue weighted by Crippen LogP contribution is 2.24. The largest absolute Gasteiger partial charge is 0.420 e. The van der Waals surface area contributed by atoms with E-state index in [4.69, 9.17) is 8.94 Å². The summed E-state index contributed by atoms with van der Waals surface area (Å²) in [7, 11) is -3.87. The number of oxazole rings is 1. The van der Waals surface area contributed by atoms with E-state index >= 15 is 0 Å². The van der Waals surface area contributed by atoms with Gasteiger partial charge in [-0.1, -0.05) is 24.2 Å². The standard InChI is InChI=1S/C20H20N4O5S/c1-4-19-21-18(22-29-19)11-24-16-9-8-14(10-17(16)28-20(24)25)30(26,27)23-15-7-5-6-12(2)13(15)3/h5-10,23H,4,11H2,1-3H3. The number of rotatable bonds is 6. The predicted octanol–water partition coefficient (Wildman–Crippen LogP) is 3.01. The maximum absolute atomic E-state index is 12.9. The summed E-state index contributed by atoms with van der Waals surface area (Å²) in [6.45, 7) is 5.69. The van der Waals surface area contributed by atoms with Gasteiger partial charge >= 0.3 is 5.76 Å². The van der Waals surface area contributed by atoms with Gasteiger partial charge in [0.2, 0.25) is 5.89 Å². The number of nitrogens with one attached hydrogen (secondary N) is 1. The van der Waals surface area contributed by atoms with Gasteiger partial charge in [0, 0.05) is 12.5 Å². The Kier molecular flexibility index (Phi) is 4.94. The number of sulfonamides is 1. The number of fused-ring (bicyclic) bond motifs is 1. The third-order valence-electron chi connectivity index (χ3n) is 4.91. The van der Waals surface area contributed by atoms with Crippen LogP contribution in [0.4, 0.5) is 5.69 Å². The highest BCUT2D eigenvalue weighted by atomic mass is 32.2. The first-order valence-electron chi connectivity index (χ1n) is 9.32. The van der Waals surface area contributed by atoms with Crippen molar-refractivity contribution in [1.82, 2.24) is 14.7 Å². The maximum Gasteiger partial charge on any atom is 0.420 e. The molecule has 0 aliphatic carbocycles. The van der Waals surface area contributed by atoms with Crippen molar-refractivity contribution in [3.05, 3.63) is 69.8 Å². The van der Waals surface area contributed by atoms with Crippen LogP contribution >= 0.6 is 0 Å². The van der Waals surface area contributed by atoms with E-state index in [2.05, 4.69) is 14.9 Å². The van der Waals surface area contributed by atoms with E-state index in [0.29, 0.717) is 29.3 Å². The number of hydrogen-bond acceptors (Lipinski definition) is 7. The molecular weight excluding hydrogens is 408 g/mol. The number of benzene rings is 2. The van der Waals surface area contributed by atoms with E-state index in [0.717, 1.165) is 11.1 Å². The molecule has 0 aliphatic rings. The smallest absolute Gasteiger partial charge is 0.408 e. The summed E-state index contributed by atoms with van der Waals surface area (Å²) >= 11 is 0. The lowest BCUT2D eigenvalue weighted by Gasteiger charge is -2.12. The van der Waals surface area contributed by atoms with Crippen LogP contribution in [0.3, 0.4) is 0 Å². The summed E-state index contributed by atoms with van der Waals surface area (Å²) in [5, 5.41) is 3.84. The topological polar surface area (TPSA) is 120 Å². The number of aromatic nitrogens is 3. The molecule has 0 saturated carbocycles. The van der Waals surface area contributed by atoms with E-state index in [9.17, 15) is 13.2 Å². The summed E-state index contributed by atoms with van der Waals surface area (Å²) in [5.74, 6) is 0.173. The number of nitrogens with zero attached hydrogens (tertiary/aromatic N) is 3. The number of aryl methyl sites for hydroxylation is 2. The van der Waals surface area contributed by atoms with Gasteiger partial charge in [0.05, 0.1) is 22.6 Å². The zero-order valence-electron chi connectivity index (χ0n) is 16.7. The monoisotopic (exact) mass is 428 g/mol. The zero-order chi connectivity index (χ0) is 21.5. The molecule has 0 radical (unpaired) electrons. The van der Waals surface area contributed by atoms with Crippen molar-refractivity contribution in [1.29, 1.82) is 0 Å². The van der Waals surface area contributed by atoms with Crippen LogP contribution in [-0.2, 0) is 23.0 Å². The summed E-state index contributed by atoms with van der Waals surface area (Å²) in [5.41, 5.74) is 2.90. The molecule has 10 heteroatoms. The molecule has 2 aromatic carbocycles. The minimum atomic E-state index is -3.87. The van der Waals surface area contributed by atoms with Crippen molar-refractivity contribution in [3.8, 4) is 0 Å². The van der Waals surface area contributed by atoms with Crippen molar-refractivity contribution in [3.63, 3.8) is 0 Å². The number of anilines is 1. The minimum Gasteiger partial charge on any atom is -0.408 e. The third kappa shape index (κ3) is 3.61. The fourth-order valence-electron chi connectivity index (χ4n) is 3.07. The molecule has 0 unspecified atom stereocenters. The molecule has 0 bridgehead atoms. The average Bonchev–Trinajstić information content (AvgIpc) is 3.29. The van der Waals surface area contributed by atoms with Gasteiger partial charge in [-0.3, -0.25) is 9.29 Å². The highest BCUT2D eigenvalue weighted by molar-refractivity contribution is 7.92. The van der Waals surface area contributed by atoms with Gasteiger partial charge in [0.25, 0.3) is 10.0 Å². The van der Waals surface area contributed by atoms with E-state index < -0.39 is 15.8 Å². The van der Waals surface area contributed by atoms with E-state index in [1.807, 2.05) is 26.8 Å². The Labute approximate surface area is 172 Å². The van der Waals surface area contributed by atoms with E-state index in [1.165, 1.54) is 22.8 Å². The molecule has 0 atom stereocenters. The molecule has 2 heterocycles. The maximum atomic E-state index is 12.9. The van der Waals surface area contributed by atoms with Crippen molar-refractivity contribution in [2.75, 3.05) is 4.72 Å². The zero-order valence-corrected chi connectivity index (χ0v) is 17.5. The second-order valence-electron chi connectivity index (χ2n) is 6.89. The molecule has 4 rings (SSSR count). The molecule has 156 valence electrons. The Morgan fingerprint density at radius 3 is 2.70 bits per heavy atom. The first-order valence-corrected chi connectivity index (χ1v) is 10.8. The lowest BCUT2D eigenvalue weighted by Crippen LogP contribution is -2.16. The first-order chi connectivity index (χ1) is 14.3. The summed E-state index contributed by atoms with van der Waals surface area (Å²) in [6, 6.07) is 9.67. The SMILES string of the molecule is CCc1nc(Cn2c(=O)oc3cc(S(=O)(=O)Nc4cccc(C)c4C)ccc32)no1. The number of hydrogen-bond donors (Lipinski definition) is 1. The Morgan fingerprint density at radius 2 is 1.97 bits per heavy atom. The summed E-state index contributed by atoms with van der Waals surface area (Å²) in [6.07, 6.45) is 0.586. The molecule has 0 aliphatic heterocycles. The molecule has 0 amide bonds. The van der Waals surface area contributed by atoms with Gasteiger partial charge in [-0.25, -0.2) is 13.2 Å². The van der Waals surface area contributed by atoms with Crippen LogP contribution in [0.1, 0.15) is 29.8 Å². The van der Waals surface area contributed by atoms with Crippen molar-refractivity contribution in [2.24, 2.45) is 0 Å². The lowest BCUT2D eigenvalue weighted by molar-refractivity contribution is 0.375. The van der Waals surface area contributed by atoms with Crippen LogP contribution in [-0.4, -0.2) is 23.1 Å². The van der Waals surface area contributed by atoms with E-state index in [1.54, 1.807) is 12.1 Å². The highest BCUT2D eigenvalue weighted by Gasteiger charge is 2.19. The quantitative estimate of drug-likeness (QED) is 0.501. The van der Waals surface area contributed by atoms with Crippen molar-refractivity contribution >= 4 is 26.8 Å². The molecule has 0 saturated heterocycles.